The van der Waals surface area contributed by atoms with Crippen LogP contribution in [0.5, 0.6) is 0 Å². The molecule has 0 saturated carbocycles. The number of rotatable bonds is 7. The van der Waals surface area contributed by atoms with E-state index in [1.807, 2.05) is 17.8 Å². The molecule has 0 heterocycles. The fourth-order valence-electron chi connectivity index (χ4n) is 1.45. The van der Waals surface area contributed by atoms with E-state index in [2.05, 4.69) is 42.2 Å². The molecule has 0 aliphatic carbocycles. The Morgan fingerprint density at radius 1 is 1.25 bits per heavy atom. The summed E-state index contributed by atoms with van der Waals surface area (Å²) in [5.41, 5.74) is 0. The van der Waals surface area contributed by atoms with Crippen molar-refractivity contribution in [2.75, 3.05) is 25.4 Å². The van der Waals surface area contributed by atoms with Crippen molar-refractivity contribution < 1.29 is 0 Å². The maximum Gasteiger partial charge on any atom is 0.0635 e. The number of hydrogen-bond donors (Lipinski definition) is 0. The topological polar surface area (TPSA) is 27.0 Å². The zero-order chi connectivity index (χ0) is 11.6. The summed E-state index contributed by atoms with van der Waals surface area (Å²) in [4.78, 5) is 3.64. The molecule has 1 aromatic rings. The zero-order valence-corrected chi connectivity index (χ0v) is 10.5. The third kappa shape index (κ3) is 5.20. The van der Waals surface area contributed by atoms with E-state index < -0.39 is 0 Å². The first-order valence-electron chi connectivity index (χ1n) is 5.64. The highest BCUT2D eigenvalue weighted by molar-refractivity contribution is 7.99. The molecule has 0 unspecified atom stereocenters. The van der Waals surface area contributed by atoms with Crippen LogP contribution in [-0.2, 0) is 0 Å². The van der Waals surface area contributed by atoms with Crippen molar-refractivity contribution in [1.29, 1.82) is 5.26 Å². The number of nitrogens with zero attached hydrogens (tertiary/aromatic N) is 2. The molecule has 3 heteroatoms. The van der Waals surface area contributed by atoms with E-state index in [-0.39, 0.29) is 0 Å². The van der Waals surface area contributed by atoms with Gasteiger partial charge in [-0.05, 0) is 18.7 Å². The quantitative estimate of drug-likeness (QED) is 0.679. The molecule has 0 spiro atoms. The van der Waals surface area contributed by atoms with Gasteiger partial charge >= 0.3 is 0 Å². The van der Waals surface area contributed by atoms with E-state index in [0.717, 1.165) is 25.4 Å². The van der Waals surface area contributed by atoms with Gasteiger partial charge in [0.2, 0.25) is 0 Å². The van der Waals surface area contributed by atoms with E-state index in [1.165, 1.54) is 4.90 Å². The average Bonchev–Trinajstić information content (AvgIpc) is 2.35. The van der Waals surface area contributed by atoms with Gasteiger partial charge in [-0.25, -0.2) is 0 Å². The van der Waals surface area contributed by atoms with E-state index in [9.17, 15) is 0 Å². The SMILES string of the molecule is CCN(CCC#N)CCSc1ccccc1. The number of benzene rings is 1. The van der Waals surface area contributed by atoms with Crippen molar-refractivity contribution in [3.63, 3.8) is 0 Å². The van der Waals surface area contributed by atoms with Crippen LogP contribution in [0.1, 0.15) is 13.3 Å². The maximum atomic E-state index is 8.53. The Balaban J connectivity index is 2.21. The second-order valence-corrected chi connectivity index (χ2v) is 4.67. The van der Waals surface area contributed by atoms with Crippen LogP contribution in [0.3, 0.4) is 0 Å². The first-order chi connectivity index (χ1) is 7.86. The molecule has 1 rings (SSSR count). The van der Waals surface area contributed by atoms with Gasteiger partial charge in [-0.1, -0.05) is 25.1 Å². The Morgan fingerprint density at radius 2 is 2.00 bits per heavy atom. The molecule has 16 heavy (non-hydrogen) atoms. The highest BCUT2D eigenvalue weighted by Gasteiger charge is 2.01. The van der Waals surface area contributed by atoms with Crippen LogP contribution in [0, 0.1) is 11.3 Å². The Kier molecular flexibility index (Phi) is 6.71. The van der Waals surface area contributed by atoms with Gasteiger partial charge in [0.1, 0.15) is 0 Å². The van der Waals surface area contributed by atoms with Crippen LogP contribution < -0.4 is 0 Å². The third-order valence-corrected chi connectivity index (χ3v) is 3.40. The van der Waals surface area contributed by atoms with Crippen molar-refractivity contribution in [1.82, 2.24) is 4.90 Å². The lowest BCUT2D eigenvalue weighted by molar-refractivity contribution is 0.314. The number of thioether (sulfide) groups is 1. The van der Waals surface area contributed by atoms with Crippen molar-refractivity contribution in [2.24, 2.45) is 0 Å². The molecule has 0 N–H and O–H groups in total. The summed E-state index contributed by atoms with van der Waals surface area (Å²) in [5.74, 6) is 1.09. The lowest BCUT2D eigenvalue weighted by Gasteiger charge is -2.18. The molecule has 0 aliphatic rings. The lowest BCUT2D eigenvalue weighted by atomic mass is 10.4. The van der Waals surface area contributed by atoms with Gasteiger partial charge in [0.05, 0.1) is 6.07 Å². The summed E-state index contributed by atoms with van der Waals surface area (Å²) in [5, 5.41) is 8.53. The van der Waals surface area contributed by atoms with Gasteiger partial charge in [0.25, 0.3) is 0 Å². The average molecular weight is 234 g/mol. The van der Waals surface area contributed by atoms with E-state index in [1.54, 1.807) is 0 Å². The van der Waals surface area contributed by atoms with Gasteiger partial charge in [-0.15, -0.1) is 11.8 Å². The minimum absolute atomic E-state index is 0.629. The van der Waals surface area contributed by atoms with Crippen molar-refractivity contribution in [3.05, 3.63) is 30.3 Å². The molecule has 1 aromatic carbocycles. The van der Waals surface area contributed by atoms with Crippen LogP contribution in [-0.4, -0.2) is 30.3 Å². The smallest absolute Gasteiger partial charge is 0.0635 e. The molecule has 0 atom stereocenters. The van der Waals surface area contributed by atoms with Crippen molar-refractivity contribution >= 4 is 11.8 Å². The van der Waals surface area contributed by atoms with Crippen LogP contribution in [0.25, 0.3) is 0 Å². The van der Waals surface area contributed by atoms with Crippen LogP contribution in [0.2, 0.25) is 0 Å². The Hall–Kier alpha value is -0.980. The monoisotopic (exact) mass is 234 g/mol. The van der Waals surface area contributed by atoms with Crippen molar-refractivity contribution in [3.8, 4) is 6.07 Å². The van der Waals surface area contributed by atoms with Crippen molar-refractivity contribution in [2.45, 2.75) is 18.2 Å². The minimum Gasteiger partial charge on any atom is -0.302 e. The standard InChI is InChI=1S/C13H18N2S/c1-2-15(10-6-9-14)11-12-16-13-7-4-3-5-8-13/h3-5,7-8H,2,6,10-12H2,1H3. The molecule has 0 aliphatic heterocycles. The Morgan fingerprint density at radius 3 is 2.62 bits per heavy atom. The molecular formula is C13H18N2S. The van der Waals surface area contributed by atoms with Crippen LogP contribution >= 0.6 is 11.8 Å². The molecule has 0 amide bonds. The fourth-order valence-corrected chi connectivity index (χ4v) is 2.38. The highest BCUT2D eigenvalue weighted by atomic mass is 32.2. The largest absolute Gasteiger partial charge is 0.302 e. The molecule has 2 nitrogen and oxygen atoms in total. The second kappa shape index (κ2) is 8.20. The minimum atomic E-state index is 0.629. The molecule has 0 bridgehead atoms. The molecule has 86 valence electrons. The Bertz CT molecular complexity index is 318. The van der Waals surface area contributed by atoms with Gasteiger partial charge in [-0.2, -0.15) is 5.26 Å². The zero-order valence-electron chi connectivity index (χ0n) is 9.72. The summed E-state index contributed by atoms with van der Waals surface area (Å²) < 4.78 is 0. The summed E-state index contributed by atoms with van der Waals surface area (Å²) in [7, 11) is 0. The molecular weight excluding hydrogens is 216 g/mol. The van der Waals surface area contributed by atoms with Gasteiger partial charge in [0.15, 0.2) is 0 Å². The van der Waals surface area contributed by atoms with E-state index >= 15 is 0 Å². The van der Waals surface area contributed by atoms with Gasteiger partial charge in [0, 0.05) is 30.2 Å². The first-order valence-corrected chi connectivity index (χ1v) is 6.62. The molecule has 0 saturated heterocycles. The fraction of sp³-hybridized carbons (Fsp3) is 0.462. The second-order valence-electron chi connectivity index (χ2n) is 3.50. The van der Waals surface area contributed by atoms with Gasteiger partial charge < -0.3 is 4.90 Å². The van der Waals surface area contributed by atoms with Gasteiger partial charge in [-0.3, -0.25) is 0 Å². The number of nitriles is 1. The molecule has 0 fully saturated rings. The maximum absolute atomic E-state index is 8.53. The predicted octanol–water partition coefficient (Wildman–Crippen LogP) is 3.01. The van der Waals surface area contributed by atoms with E-state index in [0.29, 0.717) is 6.42 Å². The third-order valence-electron chi connectivity index (χ3n) is 2.41. The summed E-state index contributed by atoms with van der Waals surface area (Å²) >= 11 is 1.87. The predicted molar refractivity (Wildman–Crippen MR) is 69.5 cm³/mol. The molecule has 0 aromatic heterocycles. The number of hydrogen-bond acceptors (Lipinski definition) is 3. The normalized spacial score (nSPS) is 10.3. The Labute approximate surface area is 102 Å². The lowest BCUT2D eigenvalue weighted by Crippen LogP contribution is -2.26. The van der Waals surface area contributed by atoms with Crippen LogP contribution in [0.15, 0.2) is 35.2 Å². The highest BCUT2D eigenvalue weighted by Crippen LogP contribution is 2.16. The van der Waals surface area contributed by atoms with E-state index in [4.69, 9.17) is 5.26 Å². The molecule has 0 radical (unpaired) electrons. The summed E-state index contributed by atoms with van der Waals surface area (Å²) in [6.45, 7) is 5.11. The summed E-state index contributed by atoms with van der Waals surface area (Å²) in [6.07, 6.45) is 0.629. The first kappa shape index (κ1) is 13.1. The van der Waals surface area contributed by atoms with Crippen LogP contribution in [0.4, 0.5) is 0 Å². The summed E-state index contributed by atoms with van der Waals surface area (Å²) in [6, 6.07) is 12.6.